The van der Waals surface area contributed by atoms with Gasteiger partial charge in [-0.25, -0.2) is 0 Å². The van der Waals surface area contributed by atoms with Crippen LogP contribution in [0.1, 0.15) is 22.0 Å². The van der Waals surface area contributed by atoms with E-state index in [1.807, 2.05) is 18.2 Å². The molecular formula is C17H18BrNO3. The SMILES string of the molecule is COc1ccc(C(O)CN(C)C(=O)c2ccccc2Br)cc1. The normalized spacial score (nSPS) is 11.8. The van der Waals surface area contributed by atoms with E-state index in [-0.39, 0.29) is 12.5 Å². The van der Waals surface area contributed by atoms with Gasteiger partial charge in [-0.3, -0.25) is 4.79 Å². The highest BCUT2D eigenvalue weighted by molar-refractivity contribution is 9.10. The zero-order chi connectivity index (χ0) is 16.1. The molecule has 0 aliphatic heterocycles. The topological polar surface area (TPSA) is 49.8 Å². The molecule has 0 aliphatic rings. The second kappa shape index (κ2) is 7.42. The average molecular weight is 364 g/mol. The number of nitrogens with zero attached hydrogens (tertiary/aromatic N) is 1. The Hall–Kier alpha value is -1.85. The first kappa shape index (κ1) is 16.5. The first-order valence-electron chi connectivity index (χ1n) is 6.85. The lowest BCUT2D eigenvalue weighted by Crippen LogP contribution is -2.31. The Morgan fingerprint density at radius 2 is 1.86 bits per heavy atom. The molecule has 0 fully saturated rings. The van der Waals surface area contributed by atoms with E-state index in [2.05, 4.69) is 15.9 Å². The number of ether oxygens (including phenoxy) is 1. The molecule has 116 valence electrons. The van der Waals surface area contributed by atoms with Gasteiger partial charge in [0.25, 0.3) is 5.91 Å². The van der Waals surface area contributed by atoms with Gasteiger partial charge in [0.1, 0.15) is 5.75 Å². The van der Waals surface area contributed by atoms with Gasteiger partial charge >= 0.3 is 0 Å². The highest BCUT2D eigenvalue weighted by Crippen LogP contribution is 2.21. The summed E-state index contributed by atoms with van der Waals surface area (Å²) in [5, 5.41) is 10.3. The van der Waals surface area contributed by atoms with E-state index < -0.39 is 6.10 Å². The average Bonchev–Trinajstić information content (AvgIpc) is 2.54. The van der Waals surface area contributed by atoms with E-state index in [9.17, 15) is 9.90 Å². The van der Waals surface area contributed by atoms with E-state index >= 15 is 0 Å². The van der Waals surface area contributed by atoms with Gasteiger partial charge in [0.2, 0.25) is 0 Å². The molecule has 22 heavy (non-hydrogen) atoms. The first-order chi connectivity index (χ1) is 10.5. The first-order valence-corrected chi connectivity index (χ1v) is 7.64. The smallest absolute Gasteiger partial charge is 0.254 e. The number of amides is 1. The Morgan fingerprint density at radius 1 is 1.23 bits per heavy atom. The van der Waals surface area contributed by atoms with Crippen LogP contribution in [0.4, 0.5) is 0 Å². The summed E-state index contributed by atoms with van der Waals surface area (Å²) in [5.41, 5.74) is 1.32. The molecule has 0 heterocycles. The summed E-state index contributed by atoms with van der Waals surface area (Å²) >= 11 is 3.37. The van der Waals surface area contributed by atoms with Crippen LogP contribution in [-0.4, -0.2) is 36.6 Å². The second-order valence-electron chi connectivity index (χ2n) is 4.95. The van der Waals surface area contributed by atoms with Crippen LogP contribution in [0.15, 0.2) is 53.0 Å². The lowest BCUT2D eigenvalue weighted by atomic mass is 10.1. The maximum atomic E-state index is 12.4. The molecule has 0 radical (unpaired) electrons. The van der Waals surface area contributed by atoms with Crippen molar-refractivity contribution in [2.45, 2.75) is 6.10 Å². The van der Waals surface area contributed by atoms with Crippen molar-refractivity contribution in [3.8, 4) is 5.75 Å². The van der Waals surface area contributed by atoms with Crippen molar-refractivity contribution in [3.63, 3.8) is 0 Å². The highest BCUT2D eigenvalue weighted by Gasteiger charge is 2.18. The molecule has 0 saturated carbocycles. The zero-order valence-electron chi connectivity index (χ0n) is 12.5. The van der Waals surface area contributed by atoms with E-state index in [0.717, 1.165) is 15.8 Å². The molecule has 2 aromatic rings. The van der Waals surface area contributed by atoms with Crippen molar-refractivity contribution in [2.75, 3.05) is 20.7 Å². The van der Waals surface area contributed by atoms with Gasteiger partial charge in [-0.2, -0.15) is 0 Å². The van der Waals surface area contributed by atoms with E-state index in [1.54, 1.807) is 44.5 Å². The van der Waals surface area contributed by atoms with Crippen LogP contribution in [0.3, 0.4) is 0 Å². The third-order valence-electron chi connectivity index (χ3n) is 3.40. The van der Waals surface area contributed by atoms with Crippen molar-refractivity contribution in [3.05, 3.63) is 64.1 Å². The monoisotopic (exact) mass is 363 g/mol. The quantitative estimate of drug-likeness (QED) is 0.886. The third-order valence-corrected chi connectivity index (χ3v) is 4.09. The van der Waals surface area contributed by atoms with Crippen molar-refractivity contribution in [1.82, 2.24) is 4.90 Å². The molecule has 5 heteroatoms. The minimum absolute atomic E-state index is 0.139. The number of rotatable bonds is 5. The van der Waals surface area contributed by atoms with Gasteiger partial charge in [0.15, 0.2) is 0 Å². The Bertz CT molecular complexity index is 643. The molecule has 0 aromatic heterocycles. The number of halogens is 1. The molecule has 1 unspecified atom stereocenters. The Morgan fingerprint density at radius 3 is 2.45 bits per heavy atom. The summed E-state index contributed by atoms with van der Waals surface area (Å²) in [7, 11) is 3.27. The Balaban J connectivity index is 2.05. The summed E-state index contributed by atoms with van der Waals surface area (Å²) in [6.07, 6.45) is -0.748. The predicted octanol–water partition coefficient (Wildman–Crippen LogP) is 3.26. The molecule has 0 bridgehead atoms. The molecule has 0 saturated heterocycles. The van der Waals surface area contributed by atoms with Gasteiger partial charge in [-0.1, -0.05) is 24.3 Å². The number of carbonyl (C=O) groups excluding carboxylic acids is 1. The molecule has 1 amide bonds. The van der Waals surface area contributed by atoms with Crippen molar-refractivity contribution < 1.29 is 14.6 Å². The molecule has 2 aromatic carbocycles. The van der Waals surface area contributed by atoms with Gasteiger partial charge in [-0.05, 0) is 45.8 Å². The molecular weight excluding hydrogens is 346 g/mol. The van der Waals surface area contributed by atoms with E-state index in [1.165, 1.54) is 4.90 Å². The maximum absolute atomic E-state index is 12.4. The Kier molecular flexibility index (Phi) is 5.57. The van der Waals surface area contributed by atoms with Crippen LogP contribution in [0.2, 0.25) is 0 Å². The van der Waals surface area contributed by atoms with Gasteiger partial charge in [0, 0.05) is 11.5 Å². The molecule has 4 nitrogen and oxygen atoms in total. The number of aliphatic hydroxyl groups excluding tert-OH is 1. The van der Waals surface area contributed by atoms with Gasteiger partial charge in [0.05, 0.1) is 25.3 Å². The fraction of sp³-hybridized carbons (Fsp3) is 0.235. The standard InChI is InChI=1S/C17H18BrNO3/c1-19(17(21)14-5-3-4-6-15(14)18)11-16(20)12-7-9-13(22-2)10-8-12/h3-10,16,20H,11H2,1-2H3. The number of benzene rings is 2. The Labute approximate surface area is 138 Å². The van der Waals surface area contributed by atoms with E-state index in [0.29, 0.717) is 5.56 Å². The van der Waals surface area contributed by atoms with Crippen LogP contribution < -0.4 is 4.74 Å². The number of hydrogen-bond acceptors (Lipinski definition) is 3. The molecule has 2 rings (SSSR count). The zero-order valence-corrected chi connectivity index (χ0v) is 14.1. The highest BCUT2D eigenvalue weighted by atomic mass is 79.9. The second-order valence-corrected chi connectivity index (χ2v) is 5.81. The number of hydrogen-bond donors (Lipinski definition) is 1. The molecule has 1 N–H and O–H groups in total. The van der Waals surface area contributed by atoms with Crippen LogP contribution in [0.25, 0.3) is 0 Å². The van der Waals surface area contributed by atoms with Crippen molar-refractivity contribution in [2.24, 2.45) is 0 Å². The maximum Gasteiger partial charge on any atom is 0.254 e. The summed E-state index contributed by atoms with van der Waals surface area (Å²) in [5.74, 6) is 0.591. The van der Waals surface area contributed by atoms with Crippen LogP contribution in [-0.2, 0) is 0 Å². The molecule has 1 atom stereocenters. The largest absolute Gasteiger partial charge is 0.497 e. The van der Waals surface area contributed by atoms with Crippen LogP contribution >= 0.6 is 15.9 Å². The lowest BCUT2D eigenvalue weighted by molar-refractivity contribution is 0.0680. The summed E-state index contributed by atoms with van der Waals surface area (Å²) < 4.78 is 5.83. The fourth-order valence-electron chi connectivity index (χ4n) is 2.11. The van der Waals surface area contributed by atoms with Crippen molar-refractivity contribution in [1.29, 1.82) is 0 Å². The lowest BCUT2D eigenvalue weighted by Gasteiger charge is -2.21. The number of likely N-dealkylation sites (N-methyl/N-ethyl adjacent to an activating group) is 1. The fourth-order valence-corrected chi connectivity index (χ4v) is 2.57. The minimum Gasteiger partial charge on any atom is -0.497 e. The molecule has 0 spiro atoms. The summed E-state index contributed by atoms with van der Waals surface area (Å²) in [6.45, 7) is 0.215. The van der Waals surface area contributed by atoms with Crippen molar-refractivity contribution >= 4 is 21.8 Å². The summed E-state index contributed by atoms with van der Waals surface area (Å²) in [4.78, 5) is 13.9. The summed E-state index contributed by atoms with van der Waals surface area (Å²) in [6, 6.07) is 14.4. The van der Waals surface area contributed by atoms with Crippen LogP contribution in [0.5, 0.6) is 5.75 Å². The number of carbonyl (C=O) groups is 1. The number of methoxy groups -OCH3 is 1. The molecule has 0 aliphatic carbocycles. The predicted molar refractivity (Wildman–Crippen MR) is 89.1 cm³/mol. The third kappa shape index (κ3) is 3.87. The van der Waals surface area contributed by atoms with Gasteiger partial charge < -0.3 is 14.7 Å². The minimum atomic E-state index is -0.748. The van der Waals surface area contributed by atoms with Crippen LogP contribution in [0, 0.1) is 0 Å². The van der Waals surface area contributed by atoms with E-state index in [4.69, 9.17) is 4.74 Å². The van der Waals surface area contributed by atoms with Gasteiger partial charge in [-0.15, -0.1) is 0 Å². The number of aliphatic hydroxyl groups is 1.